The largest absolute Gasteiger partial charge is 0.573 e. The molecule has 0 radical (unpaired) electrons. The summed E-state index contributed by atoms with van der Waals surface area (Å²) in [6.07, 6.45) is -10.1. The Labute approximate surface area is 123 Å². The molecule has 0 heterocycles. The number of halogens is 6. The zero-order valence-electron chi connectivity index (χ0n) is 12.0. The van der Waals surface area contributed by atoms with Crippen LogP contribution in [0.5, 0.6) is 11.5 Å². The molecule has 0 aliphatic carbocycles. The van der Waals surface area contributed by atoms with Crippen LogP contribution in [-0.2, 0) is 0 Å². The van der Waals surface area contributed by atoms with Gasteiger partial charge in [0.2, 0.25) is 0 Å². The Morgan fingerprint density at radius 3 is 1.59 bits per heavy atom. The normalized spacial score (nSPS) is 14.1. The molecule has 0 aliphatic rings. The van der Waals surface area contributed by atoms with Crippen LogP contribution in [0.15, 0.2) is 18.2 Å². The van der Waals surface area contributed by atoms with Crippen molar-refractivity contribution in [2.45, 2.75) is 32.6 Å². The molecule has 22 heavy (non-hydrogen) atoms. The quantitative estimate of drug-likeness (QED) is 0.811. The maximum Gasteiger partial charge on any atom is 0.573 e. The van der Waals surface area contributed by atoms with Gasteiger partial charge in [0.15, 0.2) is 0 Å². The lowest BCUT2D eigenvalue weighted by molar-refractivity contribution is -0.277. The Morgan fingerprint density at radius 1 is 0.909 bits per heavy atom. The highest BCUT2D eigenvalue weighted by Crippen LogP contribution is 2.41. The molecule has 1 rings (SSSR count). The van der Waals surface area contributed by atoms with E-state index in [1.807, 2.05) is 0 Å². The molecule has 126 valence electrons. The predicted molar refractivity (Wildman–Crippen MR) is 66.4 cm³/mol. The van der Waals surface area contributed by atoms with Crippen LogP contribution >= 0.6 is 0 Å². The number of hydrogen-bond acceptors (Lipinski definition) is 3. The van der Waals surface area contributed by atoms with E-state index >= 15 is 0 Å². The minimum Gasteiger partial charge on any atom is -0.405 e. The molecule has 0 aromatic heterocycles. The summed E-state index contributed by atoms with van der Waals surface area (Å²) >= 11 is 0. The third-order valence-corrected chi connectivity index (χ3v) is 2.77. The fourth-order valence-corrected chi connectivity index (χ4v) is 2.07. The Hall–Kier alpha value is -1.64. The number of alkyl halides is 6. The average Bonchev–Trinajstić information content (AvgIpc) is 2.28. The lowest BCUT2D eigenvalue weighted by atomic mass is 9.94. The fraction of sp³-hybridized carbons (Fsp3) is 0.538. The van der Waals surface area contributed by atoms with Crippen LogP contribution in [0.4, 0.5) is 26.3 Å². The Bertz CT molecular complexity index is 464. The molecular formula is C13H15F6NO2. The van der Waals surface area contributed by atoms with Gasteiger partial charge in [-0.1, -0.05) is 19.9 Å². The van der Waals surface area contributed by atoms with Gasteiger partial charge >= 0.3 is 12.7 Å². The van der Waals surface area contributed by atoms with Crippen molar-refractivity contribution >= 4 is 0 Å². The first-order chi connectivity index (χ1) is 9.94. The molecule has 0 saturated carbocycles. The second-order valence-electron chi connectivity index (χ2n) is 4.77. The second kappa shape index (κ2) is 6.64. The zero-order valence-corrected chi connectivity index (χ0v) is 12.0. The van der Waals surface area contributed by atoms with Crippen molar-refractivity contribution in [3.63, 3.8) is 0 Å². The fourth-order valence-electron chi connectivity index (χ4n) is 2.07. The topological polar surface area (TPSA) is 30.5 Å². The molecule has 0 saturated heterocycles. The SMILES string of the molecule is CNC(c1c(OC(F)(F)F)cccc1OC(F)(F)F)C(C)C. The Balaban J connectivity index is 3.41. The number of nitrogens with one attached hydrogen (secondary N) is 1. The summed E-state index contributed by atoms with van der Waals surface area (Å²) in [4.78, 5) is 0. The summed E-state index contributed by atoms with van der Waals surface area (Å²) in [7, 11) is 1.42. The number of ether oxygens (including phenoxy) is 2. The van der Waals surface area contributed by atoms with E-state index in [9.17, 15) is 26.3 Å². The summed E-state index contributed by atoms with van der Waals surface area (Å²) in [6.45, 7) is 3.28. The average molecular weight is 331 g/mol. The van der Waals surface area contributed by atoms with Crippen molar-refractivity contribution < 1.29 is 35.8 Å². The van der Waals surface area contributed by atoms with E-state index < -0.39 is 30.3 Å². The monoisotopic (exact) mass is 331 g/mol. The second-order valence-corrected chi connectivity index (χ2v) is 4.77. The van der Waals surface area contributed by atoms with Crippen molar-refractivity contribution in [2.24, 2.45) is 5.92 Å². The molecule has 0 aliphatic heterocycles. The van der Waals surface area contributed by atoms with E-state index in [0.717, 1.165) is 18.2 Å². The van der Waals surface area contributed by atoms with Crippen LogP contribution in [0.25, 0.3) is 0 Å². The van der Waals surface area contributed by atoms with Crippen LogP contribution in [0, 0.1) is 5.92 Å². The van der Waals surface area contributed by atoms with Crippen molar-refractivity contribution in [3.05, 3.63) is 23.8 Å². The third-order valence-electron chi connectivity index (χ3n) is 2.77. The van der Waals surface area contributed by atoms with Gasteiger partial charge < -0.3 is 14.8 Å². The van der Waals surface area contributed by atoms with Gasteiger partial charge in [-0.05, 0) is 25.1 Å². The number of benzene rings is 1. The van der Waals surface area contributed by atoms with Crippen molar-refractivity contribution in [3.8, 4) is 11.5 Å². The minimum atomic E-state index is -5.03. The first-order valence-electron chi connectivity index (χ1n) is 6.26. The van der Waals surface area contributed by atoms with Gasteiger partial charge in [0.05, 0.1) is 5.56 Å². The van der Waals surface area contributed by atoms with Gasteiger partial charge in [0, 0.05) is 6.04 Å². The van der Waals surface area contributed by atoms with E-state index in [1.54, 1.807) is 13.8 Å². The molecule has 1 unspecified atom stereocenters. The van der Waals surface area contributed by atoms with Gasteiger partial charge in [0.25, 0.3) is 0 Å². The van der Waals surface area contributed by atoms with E-state index in [2.05, 4.69) is 14.8 Å². The molecule has 9 heteroatoms. The van der Waals surface area contributed by atoms with Gasteiger partial charge in [0.1, 0.15) is 11.5 Å². The standard InChI is InChI=1S/C13H15F6NO2/c1-7(2)11(20-3)10-8(21-12(14,15)16)5-4-6-9(10)22-13(17,18)19/h4-7,11,20H,1-3H3. The lowest BCUT2D eigenvalue weighted by Crippen LogP contribution is -2.27. The van der Waals surface area contributed by atoms with E-state index in [4.69, 9.17) is 0 Å². The molecule has 0 fully saturated rings. The predicted octanol–water partition coefficient (Wildman–Crippen LogP) is 4.40. The van der Waals surface area contributed by atoms with Crippen LogP contribution in [0.3, 0.4) is 0 Å². The number of hydrogen-bond donors (Lipinski definition) is 1. The summed E-state index contributed by atoms with van der Waals surface area (Å²) in [5, 5.41) is 2.68. The Kier molecular flexibility index (Phi) is 5.55. The molecule has 0 bridgehead atoms. The highest BCUT2D eigenvalue weighted by atomic mass is 19.4. The summed E-state index contributed by atoms with van der Waals surface area (Å²) in [6, 6.07) is 2.06. The first kappa shape index (κ1) is 18.4. The molecule has 1 N–H and O–H groups in total. The molecule has 1 aromatic carbocycles. The molecule has 0 amide bonds. The van der Waals surface area contributed by atoms with Gasteiger partial charge in [-0.3, -0.25) is 0 Å². The Morgan fingerprint density at radius 2 is 1.32 bits per heavy atom. The van der Waals surface area contributed by atoms with E-state index in [1.165, 1.54) is 7.05 Å². The summed E-state index contributed by atoms with van der Waals surface area (Å²) in [5.41, 5.74) is -0.338. The van der Waals surface area contributed by atoms with Gasteiger partial charge in [-0.25, -0.2) is 0 Å². The zero-order chi connectivity index (χ0) is 17.1. The van der Waals surface area contributed by atoms with Gasteiger partial charge in [-0.2, -0.15) is 0 Å². The maximum atomic E-state index is 12.5. The van der Waals surface area contributed by atoms with Gasteiger partial charge in [-0.15, -0.1) is 26.3 Å². The maximum absolute atomic E-state index is 12.5. The molecule has 1 aromatic rings. The van der Waals surface area contributed by atoms with Crippen LogP contribution in [0.1, 0.15) is 25.5 Å². The van der Waals surface area contributed by atoms with Crippen molar-refractivity contribution in [1.82, 2.24) is 5.32 Å². The highest BCUT2D eigenvalue weighted by Gasteiger charge is 2.37. The van der Waals surface area contributed by atoms with Crippen LogP contribution < -0.4 is 14.8 Å². The smallest absolute Gasteiger partial charge is 0.405 e. The van der Waals surface area contributed by atoms with Crippen LogP contribution in [-0.4, -0.2) is 19.8 Å². The molecule has 0 spiro atoms. The van der Waals surface area contributed by atoms with Crippen molar-refractivity contribution in [1.29, 1.82) is 0 Å². The molecule has 3 nitrogen and oxygen atoms in total. The van der Waals surface area contributed by atoms with Crippen molar-refractivity contribution in [2.75, 3.05) is 7.05 Å². The lowest BCUT2D eigenvalue weighted by Gasteiger charge is -2.26. The van der Waals surface area contributed by atoms with E-state index in [-0.39, 0.29) is 11.5 Å². The van der Waals surface area contributed by atoms with E-state index in [0.29, 0.717) is 0 Å². The summed E-state index contributed by atoms with van der Waals surface area (Å²) < 4.78 is 82.4. The third kappa shape index (κ3) is 5.28. The minimum absolute atomic E-state index is 0.307. The number of rotatable bonds is 5. The summed E-state index contributed by atoms with van der Waals surface area (Å²) in [5.74, 6) is -1.77. The highest BCUT2D eigenvalue weighted by molar-refractivity contribution is 5.47. The van der Waals surface area contributed by atoms with Crippen LogP contribution in [0.2, 0.25) is 0 Å². The molecule has 1 atom stereocenters. The molecular weight excluding hydrogens is 316 g/mol. The first-order valence-corrected chi connectivity index (χ1v) is 6.26.